The van der Waals surface area contributed by atoms with E-state index in [1.165, 1.54) is 0 Å². The number of likely N-dealkylation sites (tertiary alicyclic amines) is 1. The molecule has 44 heavy (non-hydrogen) atoms. The molecule has 0 bridgehead atoms. The summed E-state index contributed by atoms with van der Waals surface area (Å²) in [6, 6.07) is 17.8. The van der Waals surface area contributed by atoms with Crippen LogP contribution in [0.1, 0.15) is 72.5 Å². The first kappa shape index (κ1) is 28.5. The SMILES string of the molecule is CC(C)n1cc2ccc(COc3cccc(C4CCN(Cc5nc6ccc(C(=O)O)cc6n5C[C@@H]5CCO5)CC4)n3)cc2n1. The maximum Gasteiger partial charge on any atom is 0.335 e. The minimum atomic E-state index is -0.928. The van der Waals surface area contributed by atoms with Crippen LogP contribution in [0.4, 0.5) is 0 Å². The smallest absolute Gasteiger partial charge is 0.335 e. The summed E-state index contributed by atoms with van der Waals surface area (Å²) >= 11 is 0. The molecular weight excluding hydrogens is 556 g/mol. The number of pyridine rings is 1. The fraction of sp³-hybridized carbons (Fsp3) is 0.412. The van der Waals surface area contributed by atoms with E-state index in [0.717, 1.165) is 78.0 Å². The third-order valence-electron chi connectivity index (χ3n) is 8.88. The van der Waals surface area contributed by atoms with Gasteiger partial charge in [-0.15, -0.1) is 0 Å². The molecule has 228 valence electrons. The largest absolute Gasteiger partial charge is 0.478 e. The molecule has 2 aliphatic rings. The molecule has 2 fully saturated rings. The molecule has 2 aliphatic heterocycles. The van der Waals surface area contributed by atoms with Gasteiger partial charge in [0.15, 0.2) is 0 Å². The highest BCUT2D eigenvalue weighted by atomic mass is 16.5. The lowest BCUT2D eigenvalue weighted by molar-refractivity contribution is -0.0592. The molecule has 1 atom stereocenters. The second-order valence-electron chi connectivity index (χ2n) is 12.3. The molecule has 10 nitrogen and oxygen atoms in total. The van der Waals surface area contributed by atoms with Gasteiger partial charge in [-0.1, -0.05) is 18.2 Å². The molecule has 1 N–H and O–H groups in total. The molecule has 10 heteroatoms. The number of aromatic carboxylic acids is 1. The van der Waals surface area contributed by atoms with Gasteiger partial charge in [0.05, 0.1) is 41.3 Å². The predicted octanol–water partition coefficient (Wildman–Crippen LogP) is 5.81. The highest BCUT2D eigenvalue weighted by Crippen LogP contribution is 2.30. The second kappa shape index (κ2) is 12.0. The number of rotatable bonds is 10. The normalized spacial score (nSPS) is 17.8. The van der Waals surface area contributed by atoms with E-state index in [2.05, 4.69) is 58.9 Å². The monoisotopic (exact) mass is 594 g/mol. The Kier molecular flexibility index (Phi) is 7.78. The first-order valence-corrected chi connectivity index (χ1v) is 15.5. The van der Waals surface area contributed by atoms with Crippen molar-refractivity contribution in [2.75, 3.05) is 19.7 Å². The number of aromatic nitrogens is 5. The Bertz CT molecular complexity index is 1800. The van der Waals surface area contributed by atoms with E-state index in [4.69, 9.17) is 19.4 Å². The predicted molar refractivity (Wildman–Crippen MR) is 167 cm³/mol. The molecule has 0 radical (unpaired) electrons. The summed E-state index contributed by atoms with van der Waals surface area (Å²) in [5, 5.41) is 15.4. The van der Waals surface area contributed by atoms with Gasteiger partial charge < -0.3 is 19.1 Å². The van der Waals surface area contributed by atoms with Gasteiger partial charge in [-0.25, -0.2) is 14.8 Å². The summed E-state index contributed by atoms with van der Waals surface area (Å²) in [6.45, 7) is 8.75. The first-order chi connectivity index (χ1) is 21.4. The van der Waals surface area contributed by atoms with Gasteiger partial charge in [-0.2, -0.15) is 5.10 Å². The molecule has 0 spiro atoms. The standard InChI is InChI=1S/C34H38N6O4/c1-22(2)40-18-26-7-6-23(16-30(26)37-40)21-44-33-5-3-4-28(36-33)24-10-13-38(14-11-24)20-32-35-29-9-8-25(34(41)42)17-31(29)39(32)19-27-12-15-43-27/h3-9,16-18,22,24,27H,10-15,19-21H2,1-2H3,(H,41,42)/t27-/m0/s1. The van der Waals surface area contributed by atoms with Gasteiger partial charge in [0.25, 0.3) is 0 Å². The number of carboxylic acids is 1. The highest BCUT2D eigenvalue weighted by Gasteiger charge is 2.26. The number of ether oxygens (including phenoxy) is 2. The molecule has 2 aromatic carbocycles. The minimum absolute atomic E-state index is 0.150. The Morgan fingerprint density at radius 2 is 1.89 bits per heavy atom. The van der Waals surface area contributed by atoms with Crippen LogP contribution in [0.15, 0.2) is 60.8 Å². The summed E-state index contributed by atoms with van der Waals surface area (Å²) in [5.74, 6) is 1.04. The lowest BCUT2D eigenvalue weighted by atomic mass is 9.93. The van der Waals surface area contributed by atoms with E-state index in [9.17, 15) is 9.90 Å². The van der Waals surface area contributed by atoms with E-state index < -0.39 is 5.97 Å². The number of carboxylic acid groups (broad SMARTS) is 1. The van der Waals surface area contributed by atoms with Crippen LogP contribution in [0.5, 0.6) is 5.88 Å². The Hall–Kier alpha value is -4.28. The lowest BCUT2D eigenvalue weighted by Gasteiger charge is -2.32. The number of fused-ring (bicyclic) bond motifs is 2. The molecule has 3 aromatic heterocycles. The number of piperidine rings is 1. The van der Waals surface area contributed by atoms with Crippen LogP contribution < -0.4 is 4.74 Å². The van der Waals surface area contributed by atoms with Crippen molar-refractivity contribution in [3.8, 4) is 5.88 Å². The maximum absolute atomic E-state index is 11.6. The molecular formula is C34H38N6O4. The molecule has 0 unspecified atom stereocenters. The molecule has 0 amide bonds. The number of hydrogen-bond acceptors (Lipinski definition) is 7. The van der Waals surface area contributed by atoms with Crippen molar-refractivity contribution >= 4 is 27.9 Å². The fourth-order valence-electron chi connectivity index (χ4n) is 6.18. The maximum atomic E-state index is 11.6. The second-order valence-corrected chi connectivity index (χ2v) is 12.3. The third kappa shape index (κ3) is 5.92. The number of imidazole rings is 1. The zero-order valence-electron chi connectivity index (χ0n) is 25.2. The lowest BCUT2D eigenvalue weighted by Crippen LogP contribution is -2.35. The zero-order chi connectivity index (χ0) is 30.2. The van der Waals surface area contributed by atoms with Crippen LogP contribution in [-0.4, -0.2) is 66.1 Å². The Balaban J connectivity index is 0.989. The van der Waals surface area contributed by atoms with Crippen LogP contribution in [0.2, 0.25) is 0 Å². The molecule has 7 rings (SSSR count). The van der Waals surface area contributed by atoms with Gasteiger partial charge in [-0.05, 0) is 82.1 Å². The zero-order valence-corrected chi connectivity index (χ0v) is 25.2. The summed E-state index contributed by atoms with van der Waals surface area (Å²) < 4.78 is 16.0. The Labute approximate surface area is 256 Å². The molecule has 5 heterocycles. The molecule has 0 saturated carbocycles. The number of hydrogen-bond donors (Lipinski definition) is 1. The van der Waals surface area contributed by atoms with Crippen molar-refractivity contribution in [2.45, 2.75) is 70.9 Å². The Morgan fingerprint density at radius 3 is 2.64 bits per heavy atom. The highest BCUT2D eigenvalue weighted by molar-refractivity contribution is 5.92. The van der Waals surface area contributed by atoms with E-state index in [1.807, 2.05) is 22.9 Å². The van der Waals surface area contributed by atoms with Crippen molar-refractivity contribution in [1.82, 2.24) is 29.2 Å². The van der Waals surface area contributed by atoms with Gasteiger partial charge >= 0.3 is 5.97 Å². The van der Waals surface area contributed by atoms with Gasteiger partial charge in [0.1, 0.15) is 12.4 Å². The van der Waals surface area contributed by atoms with E-state index in [-0.39, 0.29) is 11.7 Å². The Morgan fingerprint density at radius 1 is 1.05 bits per heavy atom. The molecule has 0 aliphatic carbocycles. The van der Waals surface area contributed by atoms with Crippen molar-refractivity contribution < 1.29 is 19.4 Å². The quantitative estimate of drug-likeness (QED) is 0.216. The van der Waals surface area contributed by atoms with Gasteiger partial charge in [0.2, 0.25) is 5.88 Å². The first-order valence-electron chi connectivity index (χ1n) is 15.5. The average molecular weight is 595 g/mol. The van der Waals surface area contributed by atoms with Crippen LogP contribution in [0.25, 0.3) is 21.9 Å². The van der Waals surface area contributed by atoms with E-state index >= 15 is 0 Å². The summed E-state index contributed by atoms with van der Waals surface area (Å²) in [4.78, 5) is 23.9. The van der Waals surface area contributed by atoms with Gasteiger partial charge in [-0.3, -0.25) is 9.58 Å². The fourth-order valence-corrected chi connectivity index (χ4v) is 6.18. The summed E-state index contributed by atoms with van der Waals surface area (Å²) in [5.41, 5.74) is 5.08. The van der Waals surface area contributed by atoms with Crippen molar-refractivity contribution in [3.05, 3.63) is 83.4 Å². The average Bonchev–Trinajstić information content (AvgIpc) is 3.59. The van der Waals surface area contributed by atoms with Crippen molar-refractivity contribution in [1.29, 1.82) is 0 Å². The molecule has 5 aromatic rings. The van der Waals surface area contributed by atoms with E-state index in [0.29, 0.717) is 37.5 Å². The topological polar surface area (TPSA) is 108 Å². The minimum Gasteiger partial charge on any atom is -0.478 e. The van der Waals surface area contributed by atoms with Gasteiger partial charge in [0, 0.05) is 41.9 Å². The third-order valence-corrected chi connectivity index (χ3v) is 8.88. The summed E-state index contributed by atoms with van der Waals surface area (Å²) in [6.07, 6.45) is 5.25. The van der Waals surface area contributed by atoms with Crippen LogP contribution in [0.3, 0.4) is 0 Å². The van der Waals surface area contributed by atoms with Crippen LogP contribution >= 0.6 is 0 Å². The van der Waals surface area contributed by atoms with Crippen LogP contribution in [-0.2, 0) is 24.4 Å². The number of nitrogens with zero attached hydrogens (tertiary/aromatic N) is 6. The van der Waals surface area contributed by atoms with Crippen molar-refractivity contribution in [2.24, 2.45) is 0 Å². The molecule has 2 saturated heterocycles. The summed E-state index contributed by atoms with van der Waals surface area (Å²) in [7, 11) is 0. The number of carbonyl (C=O) groups is 1. The number of benzene rings is 2. The van der Waals surface area contributed by atoms with Crippen LogP contribution in [0, 0.1) is 0 Å². The van der Waals surface area contributed by atoms with E-state index in [1.54, 1.807) is 12.1 Å². The van der Waals surface area contributed by atoms with Crippen molar-refractivity contribution in [3.63, 3.8) is 0 Å².